The molecule has 0 aliphatic carbocycles. The maximum Gasteiger partial charge on any atom is 0.348 e. The first-order valence-electron chi connectivity index (χ1n) is 10.2. The molecule has 0 aliphatic heterocycles. The summed E-state index contributed by atoms with van der Waals surface area (Å²) in [6, 6.07) is 23.0. The molecule has 0 atom stereocenters. The van der Waals surface area contributed by atoms with Crippen molar-refractivity contribution >= 4 is 11.8 Å². The fraction of sp³-hybridized carbons (Fsp3) is 0.231. The van der Waals surface area contributed by atoms with Crippen molar-refractivity contribution in [3.8, 4) is 0 Å². The molecule has 0 saturated carbocycles. The highest BCUT2D eigenvalue weighted by atomic mass is 16.6. The second-order valence-corrected chi connectivity index (χ2v) is 7.14. The molecule has 0 saturated heterocycles. The number of esters is 1. The minimum Gasteiger partial charge on any atom is -0.455 e. The largest absolute Gasteiger partial charge is 0.455 e. The standard InChI is InChI=1S/C26H26O4/c1-3-19-15-16-20(4-2)23(17-19)24(27)18-30-25(28)26(29,21-11-7-5-8-12-21)22-13-9-6-10-14-22/h5-17,29H,3-4,18H2,1-2H3. The van der Waals surface area contributed by atoms with E-state index in [2.05, 4.69) is 0 Å². The second-order valence-electron chi connectivity index (χ2n) is 7.14. The quantitative estimate of drug-likeness (QED) is 0.446. The first kappa shape index (κ1) is 21.5. The summed E-state index contributed by atoms with van der Waals surface area (Å²) < 4.78 is 5.37. The van der Waals surface area contributed by atoms with Gasteiger partial charge in [0.05, 0.1) is 0 Å². The summed E-state index contributed by atoms with van der Waals surface area (Å²) in [4.78, 5) is 25.9. The van der Waals surface area contributed by atoms with E-state index < -0.39 is 18.2 Å². The van der Waals surface area contributed by atoms with E-state index in [1.165, 1.54) is 0 Å². The Morgan fingerprint density at radius 1 is 0.833 bits per heavy atom. The van der Waals surface area contributed by atoms with Gasteiger partial charge in [-0.25, -0.2) is 4.79 Å². The molecule has 0 bridgehead atoms. The Bertz CT molecular complexity index is 970. The van der Waals surface area contributed by atoms with E-state index in [4.69, 9.17) is 4.74 Å². The highest BCUT2D eigenvalue weighted by Gasteiger charge is 2.41. The van der Waals surface area contributed by atoms with Gasteiger partial charge in [0, 0.05) is 5.56 Å². The molecule has 4 nitrogen and oxygen atoms in total. The van der Waals surface area contributed by atoms with Crippen molar-refractivity contribution in [1.82, 2.24) is 0 Å². The Kier molecular flexibility index (Phi) is 6.80. The molecule has 0 spiro atoms. The van der Waals surface area contributed by atoms with Crippen LogP contribution >= 0.6 is 0 Å². The van der Waals surface area contributed by atoms with E-state index in [0.717, 1.165) is 17.5 Å². The maximum atomic E-state index is 13.1. The number of ether oxygens (including phenoxy) is 1. The molecular weight excluding hydrogens is 376 g/mol. The lowest BCUT2D eigenvalue weighted by atomic mass is 9.86. The van der Waals surface area contributed by atoms with E-state index in [0.29, 0.717) is 23.1 Å². The van der Waals surface area contributed by atoms with Crippen LogP contribution in [0.2, 0.25) is 0 Å². The number of Topliss-reactive ketones (excluding diaryl/α,β-unsaturated/α-hetero) is 1. The number of carbonyl (C=O) groups excluding carboxylic acids is 2. The van der Waals surface area contributed by atoms with Gasteiger partial charge in [-0.15, -0.1) is 0 Å². The molecule has 3 aromatic carbocycles. The maximum absolute atomic E-state index is 13.1. The number of hydrogen-bond acceptors (Lipinski definition) is 4. The smallest absolute Gasteiger partial charge is 0.348 e. The molecular formula is C26H26O4. The monoisotopic (exact) mass is 402 g/mol. The lowest BCUT2D eigenvalue weighted by Crippen LogP contribution is -2.39. The SMILES string of the molecule is CCc1ccc(CC)c(C(=O)COC(=O)C(O)(c2ccccc2)c2ccccc2)c1. The highest BCUT2D eigenvalue weighted by Crippen LogP contribution is 2.31. The zero-order chi connectivity index (χ0) is 21.6. The number of aryl methyl sites for hydroxylation is 2. The molecule has 0 unspecified atom stereocenters. The minimum atomic E-state index is -2.00. The van der Waals surface area contributed by atoms with Crippen molar-refractivity contribution in [2.45, 2.75) is 32.3 Å². The third kappa shape index (κ3) is 4.34. The number of ketones is 1. The number of rotatable bonds is 8. The first-order chi connectivity index (χ1) is 14.5. The lowest BCUT2D eigenvalue weighted by Gasteiger charge is -2.27. The van der Waals surface area contributed by atoms with Crippen molar-refractivity contribution in [2.75, 3.05) is 6.61 Å². The molecule has 0 amide bonds. The van der Waals surface area contributed by atoms with Gasteiger partial charge in [0.15, 0.2) is 6.61 Å². The van der Waals surface area contributed by atoms with Gasteiger partial charge in [-0.05, 0) is 41.2 Å². The summed E-state index contributed by atoms with van der Waals surface area (Å²) in [6.45, 7) is 3.57. The van der Waals surface area contributed by atoms with Crippen LogP contribution in [0.5, 0.6) is 0 Å². The van der Waals surface area contributed by atoms with Crippen LogP contribution < -0.4 is 0 Å². The minimum absolute atomic E-state index is 0.279. The molecule has 3 rings (SSSR count). The van der Waals surface area contributed by atoms with E-state index in [9.17, 15) is 14.7 Å². The van der Waals surface area contributed by atoms with Gasteiger partial charge in [-0.1, -0.05) is 86.6 Å². The summed E-state index contributed by atoms with van der Waals surface area (Å²) in [5, 5.41) is 11.4. The molecule has 3 aromatic rings. The molecule has 0 aliphatic rings. The molecule has 0 radical (unpaired) electrons. The summed E-state index contributed by atoms with van der Waals surface area (Å²) in [6.07, 6.45) is 1.52. The Hall–Kier alpha value is -3.24. The number of aliphatic hydroxyl groups is 1. The molecule has 4 heteroatoms. The fourth-order valence-electron chi connectivity index (χ4n) is 3.49. The van der Waals surface area contributed by atoms with Crippen molar-refractivity contribution in [3.63, 3.8) is 0 Å². The zero-order valence-corrected chi connectivity index (χ0v) is 17.3. The van der Waals surface area contributed by atoms with Crippen molar-refractivity contribution in [1.29, 1.82) is 0 Å². The van der Waals surface area contributed by atoms with Gasteiger partial charge >= 0.3 is 5.97 Å². The predicted molar refractivity (Wildman–Crippen MR) is 116 cm³/mol. The van der Waals surface area contributed by atoms with E-state index in [-0.39, 0.29) is 5.78 Å². The molecule has 1 N–H and O–H groups in total. The Balaban J connectivity index is 1.87. The average molecular weight is 402 g/mol. The number of hydrogen-bond donors (Lipinski definition) is 1. The van der Waals surface area contributed by atoms with Crippen LogP contribution in [0.25, 0.3) is 0 Å². The van der Waals surface area contributed by atoms with Crippen molar-refractivity contribution < 1.29 is 19.4 Å². The zero-order valence-electron chi connectivity index (χ0n) is 17.3. The van der Waals surface area contributed by atoms with Crippen LogP contribution in [0.1, 0.15) is 46.5 Å². The van der Waals surface area contributed by atoms with Crippen molar-refractivity contribution in [2.24, 2.45) is 0 Å². The van der Waals surface area contributed by atoms with Gasteiger partial charge in [0.2, 0.25) is 11.4 Å². The molecule has 0 aromatic heterocycles. The van der Waals surface area contributed by atoms with E-state index in [1.807, 2.05) is 32.0 Å². The van der Waals surface area contributed by atoms with Crippen LogP contribution in [0.4, 0.5) is 0 Å². The van der Waals surface area contributed by atoms with Gasteiger partial charge in [0.1, 0.15) is 0 Å². The van der Waals surface area contributed by atoms with Crippen molar-refractivity contribution in [3.05, 3.63) is 107 Å². The van der Waals surface area contributed by atoms with Crippen LogP contribution in [0, 0.1) is 0 Å². The van der Waals surface area contributed by atoms with E-state index in [1.54, 1.807) is 60.7 Å². The topological polar surface area (TPSA) is 63.6 Å². The summed E-state index contributed by atoms with van der Waals surface area (Å²) >= 11 is 0. The van der Waals surface area contributed by atoms with Crippen LogP contribution in [-0.4, -0.2) is 23.5 Å². The number of carbonyl (C=O) groups is 2. The highest BCUT2D eigenvalue weighted by molar-refractivity contribution is 6.00. The van der Waals surface area contributed by atoms with Gasteiger partial charge in [0.25, 0.3) is 0 Å². The Morgan fingerprint density at radius 3 is 1.90 bits per heavy atom. The van der Waals surface area contributed by atoms with Gasteiger partial charge < -0.3 is 9.84 Å². The first-order valence-corrected chi connectivity index (χ1v) is 10.2. The Morgan fingerprint density at radius 2 is 1.40 bits per heavy atom. The number of benzene rings is 3. The van der Waals surface area contributed by atoms with Gasteiger partial charge in [-0.2, -0.15) is 0 Å². The van der Waals surface area contributed by atoms with Crippen LogP contribution in [0.3, 0.4) is 0 Å². The van der Waals surface area contributed by atoms with Crippen LogP contribution in [-0.2, 0) is 28.0 Å². The molecule has 154 valence electrons. The average Bonchev–Trinajstić information content (AvgIpc) is 2.82. The predicted octanol–water partition coefficient (Wildman–Crippen LogP) is 4.47. The van der Waals surface area contributed by atoms with Crippen LogP contribution in [0.15, 0.2) is 78.9 Å². The molecule has 0 fully saturated rings. The summed E-state index contributed by atoms with van der Waals surface area (Å²) in [7, 11) is 0. The molecule has 0 heterocycles. The molecule has 30 heavy (non-hydrogen) atoms. The summed E-state index contributed by atoms with van der Waals surface area (Å²) in [5.41, 5.74) is 1.29. The fourth-order valence-corrected chi connectivity index (χ4v) is 3.49. The van der Waals surface area contributed by atoms with Gasteiger partial charge in [-0.3, -0.25) is 4.79 Å². The van der Waals surface area contributed by atoms with E-state index >= 15 is 0 Å². The summed E-state index contributed by atoms with van der Waals surface area (Å²) in [5.74, 6) is -1.16. The second kappa shape index (κ2) is 9.51. The third-order valence-corrected chi connectivity index (χ3v) is 5.28. The third-order valence-electron chi connectivity index (χ3n) is 5.28. The normalized spacial score (nSPS) is 11.2. The Labute approximate surface area is 177 Å². The lowest BCUT2D eigenvalue weighted by molar-refractivity contribution is -0.160.